The van der Waals surface area contributed by atoms with Crippen LogP contribution >= 0.6 is 31.9 Å². The highest BCUT2D eigenvalue weighted by molar-refractivity contribution is 9.10. The number of ether oxygens (including phenoxy) is 1. The summed E-state index contributed by atoms with van der Waals surface area (Å²) in [6.07, 6.45) is 3.07. The maximum absolute atomic E-state index is 14.1. The Morgan fingerprint density at radius 3 is 1.71 bits per heavy atom. The number of rotatable bonds is 9. The second-order valence-corrected chi connectivity index (χ2v) is 13.7. The van der Waals surface area contributed by atoms with E-state index in [4.69, 9.17) is 9.57 Å². The number of amides is 1. The molecule has 0 aliphatic carbocycles. The van der Waals surface area contributed by atoms with Crippen molar-refractivity contribution in [1.29, 1.82) is 0 Å². The summed E-state index contributed by atoms with van der Waals surface area (Å²) < 4.78 is 24.1. The Hall–Kier alpha value is -5.83. The van der Waals surface area contributed by atoms with Gasteiger partial charge in [0.2, 0.25) is 10.9 Å². The van der Waals surface area contributed by atoms with E-state index in [1.165, 1.54) is 39.6 Å². The first kappa shape index (κ1) is 38.9. The highest BCUT2D eigenvalue weighted by Gasteiger charge is 2.20. The van der Waals surface area contributed by atoms with Crippen LogP contribution in [0.5, 0.6) is 5.75 Å². The van der Waals surface area contributed by atoms with Crippen LogP contribution < -0.4 is 15.6 Å². The maximum atomic E-state index is 14.1. The van der Waals surface area contributed by atoms with Gasteiger partial charge in [-0.1, -0.05) is 36.4 Å². The number of hydroxylamine groups is 2. The smallest absolute Gasteiger partial charge is 0.282 e. The van der Waals surface area contributed by atoms with Crippen molar-refractivity contribution in [3.05, 3.63) is 179 Å². The van der Waals surface area contributed by atoms with Crippen molar-refractivity contribution in [2.24, 2.45) is 0 Å². The average molecular weight is 870 g/mol. The fourth-order valence-electron chi connectivity index (χ4n) is 5.91. The number of hydrogen-bond acceptors (Lipinski definition) is 8. The van der Waals surface area contributed by atoms with Crippen molar-refractivity contribution < 1.29 is 23.6 Å². The van der Waals surface area contributed by atoms with E-state index in [1.807, 2.05) is 65.2 Å². The van der Waals surface area contributed by atoms with E-state index in [0.717, 1.165) is 32.6 Å². The molecule has 0 fully saturated rings. The molecular formula is C41H32Br2FN5O6. The van der Waals surface area contributed by atoms with Gasteiger partial charge in [0.05, 0.1) is 55.3 Å². The molecule has 4 aromatic heterocycles. The number of aromatic nitrogens is 4. The predicted molar refractivity (Wildman–Crippen MR) is 214 cm³/mol. The first-order chi connectivity index (χ1) is 26.5. The number of carbonyl (C=O) groups is 2. The summed E-state index contributed by atoms with van der Waals surface area (Å²) >= 11 is 6.71. The van der Waals surface area contributed by atoms with Gasteiger partial charge < -0.3 is 13.9 Å². The van der Waals surface area contributed by atoms with Gasteiger partial charge in [0.15, 0.2) is 17.3 Å². The standard InChI is InChI=1S/C23H16BrFN2O3.C18H16BrN3O3/c1-30-20-10-9-14(11-18(20)25)22(28)17-13-27(12-15-5-4-8-21(24)26-15)19-7-3-2-6-16(19)23(17)29;1-21(25-2)18(24)14-11-22(10-12-6-5-9-16(19)20-12)15-8-4-3-7-13(15)17(14)23/h2-11,13H,12H2,1H3;3-9,11H,10H2,1-2H3. The summed E-state index contributed by atoms with van der Waals surface area (Å²) in [7, 11) is 4.19. The SMILES string of the molecule is CON(C)C(=O)c1cn(Cc2cccc(Br)n2)c2ccccc2c1=O.COc1ccc(C(=O)c2cn(Cc3cccc(Br)n3)c3ccccc3c2=O)cc1F. The van der Waals surface area contributed by atoms with Crippen LogP contribution in [0.4, 0.5) is 4.39 Å². The molecule has 0 saturated carbocycles. The molecule has 1 amide bonds. The van der Waals surface area contributed by atoms with Crippen LogP contribution in [0.25, 0.3) is 21.8 Å². The van der Waals surface area contributed by atoms with Gasteiger partial charge in [0.1, 0.15) is 14.8 Å². The summed E-state index contributed by atoms with van der Waals surface area (Å²) in [5, 5.41) is 1.92. The van der Waals surface area contributed by atoms with E-state index in [9.17, 15) is 23.6 Å². The van der Waals surface area contributed by atoms with Crippen molar-refractivity contribution in [3.63, 3.8) is 0 Å². The summed E-state index contributed by atoms with van der Waals surface area (Å²) in [5.41, 5.74) is 2.37. The molecule has 0 aliphatic heterocycles. The molecule has 11 nitrogen and oxygen atoms in total. The molecule has 0 radical (unpaired) electrons. The number of benzene rings is 3. The third-order valence-electron chi connectivity index (χ3n) is 8.63. The lowest BCUT2D eigenvalue weighted by Crippen LogP contribution is -2.31. The molecule has 0 atom stereocenters. The van der Waals surface area contributed by atoms with Crippen LogP contribution in [0, 0.1) is 5.82 Å². The lowest BCUT2D eigenvalue weighted by Gasteiger charge is -2.16. The molecule has 0 aliphatic rings. The lowest BCUT2D eigenvalue weighted by molar-refractivity contribution is -0.0758. The largest absolute Gasteiger partial charge is 0.494 e. The Bertz CT molecular complexity index is 2700. The number of para-hydroxylation sites is 2. The highest BCUT2D eigenvalue weighted by atomic mass is 79.9. The quantitative estimate of drug-likeness (QED) is 0.0834. The Morgan fingerprint density at radius 2 is 1.22 bits per heavy atom. The van der Waals surface area contributed by atoms with Crippen molar-refractivity contribution in [3.8, 4) is 5.75 Å². The third kappa shape index (κ3) is 8.62. The van der Waals surface area contributed by atoms with Crippen LogP contribution in [0.3, 0.4) is 0 Å². The van der Waals surface area contributed by atoms with Crippen LogP contribution in [0.1, 0.15) is 37.7 Å². The Balaban J connectivity index is 0.000000190. The number of fused-ring (bicyclic) bond motifs is 2. The molecule has 0 N–H and O–H groups in total. The van der Waals surface area contributed by atoms with Gasteiger partial charge in [-0.3, -0.25) is 24.0 Å². The molecule has 278 valence electrons. The van der Waals surface area contributed by atoms with Crippen molar-refractivity contribution in [2.45, 2.75) is 13.1 Å². The molecule has 3 aromatic carbocycles. The van der Waals surface area contributed by atoms with Gasteiger partial charge in [-0.15, -0.1) is 0 Å². The van der Waals surface area contributed by atoms with E-state index in [1.54, 1.807) is 35.0 Å². The second kappa shape index (κ2) is 17.1. The molecular weight excluding hydrogens is 837 g/mol. The topological polar surface area (TPSA) is 126 Å². The molecule has 14 heteroatoms. The van der Waals surface area contributed by atoms with Crippen molar-refractivity contribution in [1.82, 2.24) is 24.2 Å². The van der Waals surface area contributed by atoms with Gasteiger partial charge in [0.25, 0.3) is 5.91 Å². The average Bonchev–Trinajstić information content (AvgIpc) is 3.19. The van der Waals surface area contributed by atoms with Crippen LogP contribution in [0.2, 0.25) is 0 Å². The van der Waals surface area contributed by atoms with E-state index in [-0.39, 0.29) is 27.9 Å². The second-order valence-electron chi connectivity index (χ2n) is 12.1. The zero-order chi connectivity index (χ0) is 39.2. The van der Waals surface area contributed by atoms with E-state index in [2.05, 4.69) is 41.8 Å². The zero-order valence-electron chi connectivity index (χ0n) is 29.7. The number of nitrogens with zero attached hydrogens (tertiary/aromatic N) is 5. The van der Waals surface area contributed by atoms with Crippen molar-refractivity contribution >= 4 is 65.4 Å². The maximum Gasteiger partial charge on any atom is 0.282 e. The number of carbonyl (C=O) groups excluding carboxylic acids is 2. The minimum Gasteiger partial charge on any atom is -0.494 e. The van der Waals surface area contributed by atoms with Gasteiger partial charge in [0, 0.05) is 35.8 Å². The Morgan fingerprint density at radius 1 is 0.709 bits per heavy atom. The number of hydrogen-bond donors (Lipinski definition) is 0. The number of ketones is 1. The van der Waals surface area contributed by atoms with Crippen molar-refractivity contribution in [2.75, 3.05) is 21.3 Å². The Kier molecular flexibility index (Phi) is 12.1. The van der Waals surface area contributed by atoms with Crippen LogP contribution in [0.15, 0.2) is 134 Å². The molecule has 0 saturated heterocycles. The summed E-state index contributed by atoms with van der Waals surface area (Å²) in [6, 6.07) is 29.3. The van der Waals surface area contributed by atoms with Gasteiger partial charge in [-0.2, -0.15) is 0 Å². The molecule has 55 heavy (non-hydrogen) atoms. The molecule has 0 spiro atoms. The number of pyridine rings is 4. The first-order valence-electron chi connectivity index (χ1n) is 16.7. The number of methoxy groups -OCH3 is 1. The number of halogens is 3. The minimum atomic E-state index is -0.664. The fraction of sp³-hybridized carbons (Fsp3) is 0.122. The molecule has 0 bridgehead atoms. The molecule has 0 unspecified atom stereocenters. The molecule has 4 heterocycles. The highest BCUT2D eigenvalue weighted by Crippen LogP contribution is 2.21. The normalized spacial score (nSPS) is 10.9. The minimum absolute atomic E-state index is 0.0307. The Labute approximate surface area is 330 Å². The predicted octanol–water partition coefficient (Wildman–Crippen LogP) is 7.43. The monoisotopic (exact) mass is 867 g/mol. The van der Waals surface area contributed by atoms with E-state index in [0.29, 0.717) is 34.0 Å². The van der Waals surface area contributed by atoms with Gasteiger partial charge >= 0.3 is 0 Å². The van der Waals surface area contributed by atoms with E-state index >= 15 is 0 Å². The summed E-state index contributed by atoms with van der Waals surface area (Å²) in [4.78, 5) is 65.1. The van der Waals surface area contributed by atoms with Crippen LogP contribution in [-0.2, 0) is 17.9 Å². The first-order valence-corrected chi connectivity index (χ1v) is 18.2. The van der Waals surface area contributed by atoms with E-state index < -0.39 is 22.9 Å². The molecule has 7 rings (SSSR count). The van der Waals surface area contributed by atoms with Crippen LogP contribution in [-0.4, -0.2) is 57.1 Å². The third-order valence-corrected chi connectivity index (χ3v) is 9.52. The summed E-state index contributed by atoms with van der Waals surface area (Å²) in [5.74, 6) is -1.68. The van der Waals surface area contributed by atoms with Gasteiger partial charge in [-0.05, 0) is 98.6 Å². The zero-order valence-corrected chi connectivity index (χ0v) is 32.9. The van der Waals surface area contributed by atoms with Gasteiger partial charge in [-0.25, -0.2) is 19.4 Å². The fourth-order valence-corrected chi connectivity index (χ4v) is 6.67. The lowest BCUT2D eigenvalue weighted by atomic mass is 10.0. The molecule has 7 aromatic rings. The summed E-state index contributed by atoms with van der Waals surface area (Å²) in [6.45, 7) is 0.786.